The van der Waals surface area contributed by atoms with Gasteiger partial charge in [-0.3, -0.25) is 9.69 Å². The van der Waals surface area contributed by atoms with Crippen molar-refractivity contribution >= 4 is 27.5 Å². The predicted octanol–water partition coefficient (Wildman–Crippen LogP) is 3.10. The van der Waals surface area contributed by atoms with Gasteiger partial charge in [0.1, 0.15) is 0 Å². The van der Waals surface area contributed by atoms with Crippen molar-refractivity contribution in [2.45, 2.75) is 70.4 Å². The highest BCUT2D eigenvalue weighted by molar-refractivity contribution is 7.19. The Morgan fingerprint density at radius 3 is 2.52 bits per heavy atom. The molecule has 1 aliphatic heterocycles. The highest BCUT2D eigenvalue weighted by Gasteiger charge is 2.28. The maximum absolute atomic E-state index is 11.0. The minimum atomic E-state index is -0.107. The molecule has 6 nitrogen and oxygen atoms in total. The lowest BCUT2D eigenvalue weighted by molar-refractivity contribution is -0.114. The molecule has 1 atom stereocenters. The molecule has 0 radical (unpaired) electrons. The van der Waals surface area contributed by atoms with Crippen molar-refractivity contribution in [3.05, 3.63) is 0 Å². The zero-order valence-corrected chi connectivity index (χ0v) is 14.7. The van der Waals surface area contributed by atoms with Crippen LogP contribution in [0.1, 0.15) is 58.3 Å². The summed E-state index contributed by atoms with van der Waals surface area (Å²) in [4.78, 5) is 13.7. The van der Waals surface area contributed by atoms with Gasteiger partial charge in [-0.05, 0) is 19.3 Å². The van der Waals surface area contributed by atoms with E-state index in [4.69, 9.17) is 0 Å². The molecule has 1 saturated carbocycles. The molecule has 128 valence electrons. The number of nitrogens with zero attached hydrogens (tertiary/aromatic N) is 3. The van der Waals surface area contributed by atoms with Crippen LogP contribution in [-0.4, -0.2) is 46.2 Å². The molecular formula is C16H27N5OS. The van der Waals surface area contributed by atoms with Gasteiger partial charge in [-0.1, -0.05) is 43.4 Å². The molecule has 2 aliphatic rings. The smallest absolute Gasteiger partial charge is 0.223 e. The van der Waals surface area contributed by atoms with Crippen molar-refractivity contribution in [1.82, 2.24) is 15.1 Å². The molecule has 0 aromatic carbocycles. The van der Waals surface area contributed by atoms with E-state index in [2.05, 4.69) is 25.7 Å². The summed E-state index contributed by atoms with van der Waals surface area (Å²) in [6.07, 6.45) is 10.9. The standard InChI is InChI=1S/C16H27N5OS/c1-12(22)17-15-19-20-16(23-15)18-13-9-10-21(11-13)14-7-5-3-2-4-6-8-14/h13-14H,2-11H2,1H3,(H,18,20)(H,17,19,22). The summed E-state index contributed by atoms with van der Waals surface area (Å²) in [5, 5.41) is 15.6. The van der Waals surface area contributed by atoms with Crippen LogP contribution in [0.2, 0.25) is 0 Å². The second-order valence-corrected chi connectivity index (χ2v) is 7.69. The van der Waals surface area contributed by atoms with Crippen molar-refractivity contribution in [3.63, 3.8) is 0 Å². The number of hydrogen-bond donors (Lipinski definition) is 2. The van der Waals surface area contributed by atoms with Crippen LogP contribution in [0.3, 0.4) is 0 Å². The van der Waals surface area contributed by atoms with Crippen LogP contribution in [0, 0.1) is 0 Å². The van der Waals surface area contributed by atoms with E-state index in [1.54, 1.807) is 0 Å². The highest BCUT2D eigenvalue weighted by Crippen LogP contribution is 2.27. The van der Waals surface area contributed by atoms with Gasteiger partial charge < -0.3 is 10.6 Å². The Morgan fingerprint density at radius 2 is 1.78 bits per heavy atom. The van der Waals surface area contributed by atoms with E-state index in [9.17, 15) is 4.79 Å². The van der Waals surface area contributed by atoms with E-state index >= 15 is 0 Å². The largest absolute Gasteiger partial charge is 0.356 e. The fourth-order valence-electron chi connectivity index (χ4n) is 3.69. The molecule has 2 heterocycles. The van der Waals surface area contributed by atoms with Gasteiger partial charge in [0.15, 0.2) is 0 Å². The molecule has 3 rings (SSSR count). The molecule has 1 aromatic heterocycles. The molecule has 1 aliphatic carbocycles. The molecule has 1 amide bonds. The second-order valence-electron chi connectivity index (χ2n) is 6.72. The van der Waals surface area contributed by atoms with Crippen LogP contribution in [0.25, 0.3) is 0 Å². The number of likely N-dealkylation sites (tertiary alicyclic amines) is 1. The Hall–Kier alpha value is -1.21. The average Bonchev–Trinajstić information content (AvgIpc) is 3.08. The summed E-state index contributed by atoms with van der Waals surface area (Å²) in [6, 6.07) is 1.21. The Balaban J connectivity index is 1.49. The molecule has 1 saturated heterocycles. The predicted molar refractivity (Wildman–Crippen MR) is 93.9 cm³/mol. The lowest BCUT2D eigenvalue weighted by Crippen LogP contribution is -2.35. The number of amides is 1. The quantitative estimate of drug-likeness (QED) is 0.883. The van der Waals surface area contributed by atoms with Crippen molar-refractivity contribution in [3.8, 4) is 0 Å². The molecule has 1 unspecified atom stereocenters. The average molecular weight is 337 g/mol. The molecule has 2 fully saturated rings. The van der Waals surface area contributed by atoms with Gasteiger partial charge >= 0.3 is 0 Å². The van der Waals surface area contributed by atoms with E-state index in [1.807, 2.05) is 0 Å². The molecule has 1 aromatic rings. The maximum atomic E-state index is 11.0. The summed E-state index contributed by atoms with van der Waals surface area (Å²) in [7, 11) is 0. The lowest BCUT2D eigenvalue weighted by atomic mass is 9.96. The third kappa shape index (κ3) is 4.88. The van der Waals surface area contributed by atoms with Gasteiger partial charge in [0, 0.05) is 32.1 Å². The Labute approximate surface area is 142 Å². The highest BCUT2D eigenvalue weighted by atomic mass is 32.1. The minimum Gasteiger partial charge on any atom is -0.356 e. The van der Waals surface area contributed by atoms with Crippen LogP contribution in [-0.2, 0) is 4.79 Å². The van der Waals surface area contributed by atoms with Gasteiger partial charge in [-0.2, -0.15) is 0 Å². The zero-order valence-electron chi connectivity index (χ0n) is 13.9. The number of anilines is 2. The lowest BCUT2D eigenvalue weighted by Gasteiger charge is -2.29. The molecule has 7 heteroatoms. The van der Waals surface area contributed by atoms with Gasteiger partial charge in [0.25, 0.3) is 0 Å². The Kier molecular flexibility index (Phi) is 5.83. The van der Waals surface area contributed by atoms with E-state index in [1.165, 1.54) is 69.8 Å². The molecular weight excluding hydrogens is 310 g/mol. The number of carbonyl (C=O) groups excluding carboxylic acids is 1. The van der Waals surface area contributed by atoms with Crippen molar-refractivity contribution in [1.29, 1.82) is 0 Å². The first-order valence-corrected chi connectivity index (χ1v) is 9.64. The van der Waals surface area contributed by atoms with Crippen LogP contribution in [0.4, 0.5) is 10.3 Å². The van der Waals surface area contributed by atoms with Gasteiger partial charge in [-0.15, -0.1) is 10.2 Å². The summed E-state index contributed by atoms with van der Waals surface area (Å²) in [6.45, 7) is 3.76. The van der Waals surface area contributed by atoms with Crippen LogP contribution < -0.4 is 10.6 Å². The monoisotopic (exact) mass is 337 g/mol. The van der Waals surface area contributed by atoms with Crippen molar-refractivity contribution < 1.29 is 4.79 Å². The summed E-state index contributed by atoms with van der Waals surface area (Å²) in [5.74, 6) is -0.107. The molecule has 0 spiro atoms. The molecule has 0 bridgehead atoms. The topological polar surface area (TPSA) is 70.1 Å². The maximum Gasteiger partial charge on any atom is 0.223 e. The Morgan fingerprint density at radius 1 is 1.09 bits per heavy atom. The third-order valence-corrected chi connectivity index (χ3v) is 5.62. The third-order valence-electron chi connectivity index (χ3n) is 4.85. The van der Waals surface area contributed by atoms with Crippen molar-refractivity contribution in [2.75, 3.05) is 23.7 Å². The summed E-state index contributed by atoms with van der Waals surface area (Å²) >= 11 is 1.41. The van der Waals surface area contributed by atoms with Crippen LogP contribution in [0.15, 0.2) is 0 Å². The molecule has 2 N–H and O–H groups in total. The van der Waals surface area contributed by atoms with Gasteiger partial charge in [0.2, 0.25) is 16.2 Å². The van der Waals surface area contributed by atoms with E-state index in [0.717, 1.165) is 24.1 Å². The van der Waals surface area contributed by atoms with Gasteiger partial charge in [0.05, 0.1) is 0 Å². The number of rotatable bonds is 4. The first-order chi connectivity index (χ1) is 11.2. The van der Waals surface area contributed by atoms with E-state index < -0.39 is 0 Å². The zero-order chi connectivity index (χ0) is 16.1. The first kappa shape index (κ1) is 16.6. The number of aromatic nitrogens is 2. The van der Waals surface area contributed by atoms with Crippen molar-refractivity contribution in [2.24, 2.45) is 0 Å². The first-order valence-electron chi connectivity index (χ1n) is 8.82. The van der Waals surface area contributed by atoms with Gasteiger partial charge in [-0.25, -0.2) is 0 Å². The summed E-state index contributed by atoms with van der Waals surface area (Å²) in [5.41, 5.74) is 0. The molecule has 23 heavy (non-hydrogen) atoms. The van der Waals surface area contributed by atoms with Crippen LogP contribution >= 0.6 is 11.3 Å². The van der Waals surface area contributed by atoms with Crippen LogP contribution in [0.5, 0.6) is 0 Å². The number of carbonyl (C=O) groups is 1. The van der Waals surface area contributed by atoms with E-state index in [-0.39, 0.29) is 5.91 Å². The SMILES string of the molecule is CC(=O)Nc1nnc(NC2CCN(C3CCCCCCC3)C2)s1. The second kappa shape index (κ2) is 8.06. The normalized spacial score (nSPS) is 24.1. The fourth-order valence-corrected chi connectivity index (χ4v) is 4.46. The summed E-state index contributed by atoms with van der Waals surface area (Å²) < 4.78 is 0. The minimum absolute atomic E-state index is 0.107. The van der Waals surface area contributed by atoms with E-state index in [0.29, 0.717) is 11.2 Å². The Bertz CT molecular complexity index is 512. The number of hydrogen-bond acceptors (Lipinski definition) is 6. The fraction of sp³-hybridized carbons (Fsp3) is 0.812. The number of nitrogens with one attached hydrogen (secondary N) is 2.